The van der Waals surface area contributed by atoms with Crippen molar-refractivity contribution in [3.05, 3.63) is 0 Å². The molecule has 0 heterocycles. The predicted octanol–water partition coefficient (Wildman–Crippen LogP) is 10.0. The molecule has 0 aliphatic carbocycles. The zero-order valence-corrected chi connectivity index (χ0v) is 22.5. The van der Waals surface area contributed by atoms with Crippen molar-refractivity contribution in [1.29, 1.82) is 0 Å². The third kappa shape index (κ3) is 27.1. The van der Waals surface area contributed by atoms with E-state index in [1.54, 1.807) is 18.5 Å². The second kappa shape index (κ2) is 29.4. The molecule has 0 aromatic heterocycles. The fourth-order valence-corrected chi connectivity index (χ4v) is 6.37. The molecule has 0 saturated heterocycles. The van der Waals surface area contributed by atoms with E-state index in [1.807, 2.05) is 0 Å². The minimum absolute atomic E-state index is 0. The Balaban J connectivity index is -0.00000288. The first kappa shape index (κ1) is 32.8. The zero-order valence-electron chi connectivity index (χ0n) is 19.4. The van der Waals surface area contributed by atoms with E-state index in [2.05, 4.69) is 20.8 Å². The number of hydrogen-bond acceptors (Lipinski definition) is 0. The van der Waals surface area contributed by atoms with Gasteiger partial charge in [0.2, 0.25) is 0 Å². The van der Waals surface area contributed by atoms with Gasteiger partial charge in [0.1, 0.15) is 0 Å². The van der Waals surface area contributed by atoms with Crippen molar-refractivity contribution >= 4 is 30.2 Å². The van der Waals surface area contributed by atoms with Crippen LogP contribution in [0.1, 0.15) is 136 Å². The number of rotatable bonds is 21. The lowest BCUT2D eigenvalue weighted by molar-refractivity contribution is 0.617. The third-order valence-corrected chi connectivity index (χ3v) is 8.33. The molecule has 0 aromatic carbocycles. The van der Waals surface area contributed by atoms with Crippen LogP contribution < -0.4 is 0 Å². The van der Waals surface area contributed by atoms with Crippen molar-refractivity contribution in [3.8, 4) is 0 Å². The van der Waals surface area contributed by atoms with Crippen LogP contribution in [-0.4, -0.2) is 18.5 Å². The summed E-state index contributed by atoms with van der Waals surface area (Å²) in [4.78, 5) is 0. The van der Waals surface area contributed by atoms with E-state index in [1.165, 1.54) is 116 Å². The Labute approximate surface area is 185 Å². The summed E-state index contributed by atoms with van der Waals surface area (Å²) in [6, 6.07) is 0. The van der Waals surface area contributed by atoms with Crippen molar-refractivity contribution in [3.63, 3.8) is 0 Å². The molecule has 3 heteroatoms. The zero-order chi connectivity index (χ0) is 18.4. The SMILES string of the molecule is CCCCCCCCP(CCCCCCCC)CCCCCCCC.Cl.P. The molecule has 0 N–H and O–H groups in total. The summed E-state index contributed by atoms with van der Waals surface area (Å²) in [6.45, 7) is 6.96. The van der Waals surface area contributed by atoms with Gasteiger partial charge in [0.25, 0.3) is 0 Å². The molecular formula is C24H55ClP2. The Kier molecular flexibility index (Phi) is 35.7. The summed E-state index contributed by atoms with van der Waals surface area (Å²) in [5.74, 6) is 0. The Bertz CT molecular complexity index is 198. The van der Waals surface area contributed by atoms with Crippen LogP contribution in [0.3, 0.4) is 0 Å². The second-order valence-electron chi connectivity index (χ2n) is 8.14. The molecule has 0 radical (unpaired) electrons. The van der Waals surface area contributed by atoms with Gasteiger partial charge in [0, 0.05) is 0 Å². The minimum Gasteiger partial charge on any atom is -0.153 e. The molecule has 0 aliphatic heterocycles. The highest BCUT2D eigenvalue weighted by Crippen LogP contribution is 2.39. The van der Waals surface area contributed by atoms with Crippen LogP contribution in [0.25, 0.3) is 0 Å². The van der Waals surface area contributed by atoms with Gasteiger partial charge in [-0.3, -0.25) is 0 Å². The Morgan fingerprint density at radius 2 is 0.593 bits per heavy atom. The highest BCUT2D eigenvalue weighted by Gasteiger charge is 2.07. The largest absolute Gasteiger partial charge is 0.153 e. The van der Waals surface area contributed by atoms with Gasteiger partial charge in [0.15, 0.2) is 0 Å². The van der Waals surface area contributed by atoms with Crippen LogP contribution in [0.15, 0.2) is 0 Å². The van der Waals surface area contributed by atoms with Gasteiger partial charge < -0.3 is 0 Å². The fourth-order valence-electron chi connectivity index (χ4n) is 3.68. The molecule has 1 unspecified atom stereocenters. The van der Waals surface area contributed by atoms with E-state index in [4.69, 9.17) is 0 Å². The smallest absolute Gasteiger partial charge is 0.0326 e. The van der Waals surface area contributed by atoms with E-state index < -0.39 is 0 Å². The number of unbranched alkanes of at least 4 members (excludes halogenated alkanes) is 15. The van der Waals surface area contributed by atoms with Crippen molar-refractivity contribution in [2.75, 3.05) is 18.5 Å². The van der Waals surface area contributed by atoms with E-state index in [0.717, 1.165) is 0 Å². The van der Waals surface area contributed by atoms with Crippen LogP contribution in [-0.2, 0) is 0 Å². The van der Waals surface area contributed by atoms with Gasteiger partial charge in [-0.25, -0.2) is 0 Å². The first-order valence-corrected chi connectivity index (χ1v) is 14.0. The van der Waals surface area contributed by atoms with E-state index >= 15 is 0 Å². The number of halogens is 1. The molecule has 0 saturated carbocycles. The maximum atomic E-state index is 2.32. The Morgan fingerprint density at radius 1 is 0.370 bits per heavy atom. The van der Waals surface area contributed by atoms with Crippen molar-refractivity contribution in [1.82, 2.24) is 0 Å². The summed E-state index contributed by atoms with van der Waals surface area (Å²) in [5, 5.41) is 0. The molecular weight excluding hydrogens is 386 g/mol. The van der Waals surface area contributed by atoms with Crippen molar-refractivity contribution in [2.24, 2.45) is 0 Å². The maximum absolute atomic E-state index is 2.32. The molecule has 27 heavy (non-hydrogen) atoms. The lowest BCUT2D eigenvalue weighted by Gasteiger charge is -2.18. The van der Waals surface area contributed by atoms with E-state index in [0.29, 0.717) is 7.92 Å². The monoisotopic (exact) mass is 440 g/mol. The lowest BCUT2D eigenvalue weighted by atomic mass is 10.1. The van der Waals surface area contributed by atoms with Gasteiger partial charge >= 0.3 is 0 Å². The summed E-state index contributed by atoms with van der Waals surface area (Å²) in [7, 11) is 0.366. The normalized spacial score (nSPS) is 10.7. The quantitative estimate of drug-likeness (QED) is 0.123. The number of hydrogen-bond donors (Lipinski definition) is 0. The third-order valence-electron chi connectivity index (χ3n) is 5.48. The minimum atomic E-state index is 0. The van der Waals surface area contributed by atoms with Crippen LogP contribution in [0.4, 0.5) is 0 Å². The summed E-state index contributed by atoms with van der Waals surface area (Å²) in [6.07, 6.45) is 31.2. The van der Waals surface area contributed by atoms with Crippen molar-refractivity contribution in [2.45, 2.75) is 136 Å². The van der Waals surface area contributed by atoms with Crippen LogP contribution in [0, 0.1) is 0 Å². The average molecular weight is 441 g/mol. The second-order valence-corrected chi connectivity index (χ2v) is 10.8. The van der Waals surface area contributed by atoms with Gasteiger partial charge in [-0.05, 0) is 37.7 Å². The summed E-state index contributed by atoms with van der Waals surface area (Å²) >= 11 is 0. The average Bonchev–Trinajstić information content (AvgIpc) is 2.63. The molecule has 0 aromatic rings. The molecule has 0 fully saturated rings. The predicted molar refractivity (Wildman–Crippen MR) is 140 cm³/mol. The molecule has 0 nitrogen and oxygen atoms in total. The fraction of sp³-hybridized carbons (Fsp3) is 1.00. The first-order valence-electron chi connectivity index (χ1n) is 12.1. The molecule has 168 valence electrons. The van der Waals surface area contributed by atoms with Gasteiger partial charge in [-0.1, -0.05) is 117 Å². The van der Waals surface area contributed by atoms with Crippen molar-refractivity contribution < 1.29 is 0 Å². The summed E-state index contributed by atoms with van der Waals surface area (Å²) in [5.41, 5.74) is 0. The van der Waals surface area contributed by atoms with E-state index in [-0.39, 0.29) is 22.3 Å². The van der Waals surface area contributed by atoms with Gasteiger partial charge in [0.05, 0.1) is 0 Å². The lowest BCUT2D eigenvalue weighted by Crippen LogP contribution is -1.97. The van der Waals surface area contributed by atoms with Crippen LogP contribution in [0.2, 0.25) is 0 Å². The molecule has 0 spiro atoms. The van der Waals surface area contributed by atoms with E-state index in [9.17, 15) is 0 Å². The standard InChI is InChI=1S/C24H51P.ClH.H3P/c1-4-7-10-13-16-19-22-25(23-20-17-14-11-8-5-2)24-21-18-15-12-9-6-3;;/h4-24H2,1-3H3;1H;1H3. The van der Waals surface area contributed by atoms with Crippen LogP contribution in [0.5, 0.6) is 0 Å². The molecule has 0 amide bonds. The van der Waals surface area contributed by atoms with Gasteiger partial charge in [-0.15, -0.1) is 20.3 Å². The molecule has 0 aliphatic rings. The maximum Gasteiger partial charge on any atom is -0.0326 e. The molecule has 0 rings (SSSR count). The first-order chi connectivity index (χ1) is 12.3. The molecule has 1 atom stereocenters. The Hall–Kier alpha value is 1.15. The highest BCUT2D eigenvalue weighted by molar-refractivity contribution is 7.57. The summed E-state index contributed by atoms with van der Waals surface area (Å²) < 4.78 is 0. The topological polar surface area (TPSA) is 0 Å². The highest BCUT2D eigenvalue weighted by atomic mass is 35.5. The molecule has 0 bridgehead atoms. The Morgan fingerprint density at radius 3 is 0.852 bits per heavy atom. The van der Waals surface area contributed by atoms with Gasteiger partial charge in [-0.2, -0.15) is 9.90 Å². The van der Waals surface area contributed by atoms with Crippen LogP contribution >= 0.6 is 30.2 Å².